The fourth-order valence-electron chi connectivity index (χ4n) is 2.02. The molecule has 1 N–H and O–H groups in total. The molecule has 3 aromatic rings. The Morgan fingerprint density at radius 3 is 2.78 bits per heavy atom. The van der Waals surface area contributed by atoms with E-state index in [1.165, 1.54) is 17.4 Å². The molecule has 2 aromatic heterocycles. The van der Waals surface area contributed by atoms with Gasteiger partial charge in [-0.2, -0.15) is 0 Å². The second-order valence-corrected chi connectivity index (χ2v) is 6.57. The van der Waals surface area contributed by atoms with Crippen LogP contribution in [0.25, 0.3) is 10.6 Å². The van der Waals surface area contributed by atoms with Crippen molar-refractivity contribution in [2.45, 2.75) is 6.92 Å². The molecule has 0 spiro atoms. The van der Waals surface area contributed by atoms with E-state index < -0.39 is 0 Å². The molecule has 4 nitrogen and oxygen atoms in total. The zero-order valence-corrected chi connectivity index (χ0v) is 14.3. The van der Waals surface area contributed by atoms with Crippen molar-refractivity contribution in [2.24, 2.45) is 0 Å². The summed E-state index contributed by atoms with van der Waals surface area (Å²) in [6.07, 6.45) is 1.72. The number of halogens is 2. The summed E-state index contributed by atoms with van der Waals surface area (Å²) >= 11 is 13.3. The SMILES string of the molecule is Cc1nc(NC(=O)c2cc(Cl)ccc2Cl)sc1-c1ccccn1. The van der Waals surface area contributed by atoms with Gasteiger partial charge in [0.05, 0.1) is 26.9 Å². The summed E-state index contributed by atoms with van der Waals surface area (Å²) in [6.45, 7) is 1.88. The molecule has 0 aliphatic carbocycles. The molecule has 0 aliphatic heterocycles. The Morgan fingerprint density at radius 2 is 2.04 bits per heavy atom. The molecule has 3 rings (SSSR count). The molecular formula is C16H11Cl2N3OS. The second-order valence-electron chi connectivity index (χ2n) is 4.73. The minimum absolute atomic E-state index is 0.311. The monoisotopic (exact) mass is 363 g/mol. The summed E-state index contributed by atoms with van der Waals surface area (Å²) < 4.78 is 0. The highest BCUT2D eigenvalue weighted by atomic mass is 35.5. The van der Waals surface area contributed by atoms with Gasteiger partial charge in [-0.25, -0.2) is 4.98 Å². The van der Waals surface area contributed by atoms with E-state index in [-0.39, 0.29) is 5.91 Å². The highest BCUT2D eigenvalue weighted by Crippen LogP contribution is 2.32. The van der Waals surface area contributed by atoms with Crippen LogP contribution in [0.15, 0.2) is 42.6 Å². The number of aryl methyl sites for hydroxylation is 1. The van der Waals surface area contributed by atoms with Crippen LogP contribution in [0.2, 0.25) is 10.0 Å². The van der Waals surface area contributed by atoms with Gasteiger partial charge in [0.1, 0.15) is 0 Å². The third kappa shape index (κ3) is 3.52. The Hall–Kier alpha value is -1.95. The van der Waals surface area contributed by atoms with Gasteiger partial charge in [0, 0.05) is 11.2 Å². The Morgan fingerprint density at radius 1 is 1.22 bits per heavy atom. The van der Waals surface area contributed by atoms with Crippen molar-refractivity contribution in [3.8, 4) is 10.6 Å². The lowest BCUT2D eigenvalue weighted by atomic mass is 10.2. The lowest BCUT2D eigenvalue weighted by Crippen LogP contribution is -2.12. The van der Waals surface area contributed by atoms with Crippen molar-refractivity contribution >= 4 is 45.6 Å². The molecule has 0 unspecified atom stereocenters. The first-order valence-electron chi connectivity index (χ1n) is 6.70. The maximum Gasteiger partial charge on any atom is 0.259 e. The normalized spacial score (nSPS) is 10.6. The number of thiazole rings is 1. The molecule has 23 heavy (non-hydrogen) atoms. The molecule has 0 fully saturated rings. The lowest BCUT2D eigenvalue weighted by molar-refractivity contribution is 0.102. The number of pyridine rings is 1. The molecule has 1 amide bonds. The van der Waals surface area contributed by atoms with E-state index in [1.54, 1.807) is 18.3 Å². The first-order chi connectivity index (χ1) is 11.0. The van der Waals surface area contributed by atoms with E-state index >= 15 is 0 Å². The summed E-state index contributed by atoms with van der Waals surface area (Å²) in [5.74, 6) is -0.348. The minimum atomic E-state index is -0.348. The number of hydrogen-bond donors (Lipinski definition) is 1. The molecule has 0 saturated heterocycles. The van der Waals surface area contributed by atoms with Crippen molar-refractivity contribution < 1.29 is 4.79 Å². The van der Waals surface area contributed by atoms with Crippen LogP contribution in [-0.2, 0) is 0 Å². The van der Waals surface area contributed by atoms with E-state index in [0.29, 0.717) is 20.7 Å². The average molecular weight is 364 g/mol. The first-order valence-corrected chi connectivity index (χ1v) is 8.27. The van der Waals surface area contributed by atoms with E-state index in [4.69, 9.17) is 23.2 Å². The van der Waals surface area contributed by atoms with E-state index in [1.807, 2.05) is 25.1 Å². The van der Waals surface area contributed by atoms with E-state index in [2.05, 4.69) is 15.3 Å². The van der Waals surface area contributed by atoms with Crippen LogP contribution in [0.5, 0.6) is 0 Å². The number of rotatable bonds is 3. The number of amides is 1. The lowest BCUT2D eigenvalue weighted by Gasteiger charge is -2.04. The maximum absolute atomic E-state index is 12.3. The number of anilines is 1. The molecule has 0 saturated carbocycles. The minimum Gasteiger partial charge on any atom is -0.298 e. The van der Waals surface area contributed by atoms with Crippen molar-refractivity contribution in [1.29, 1.82) is 0 Å². The van der Waals surface area contributed by atoms with Crippen LogP contribution in [0, 0.1) is 6.92 Å². The van der Waals surface area contributed by atoms with Crippen LogP contribution in [0.3, 0.4) is 0 Å². The fourth-order valence-corrected chi connectivity index (χ4v) is 3.33. The standard InChI is InChI=1S/C16H11Cl2N3OS/c1-9-14(13-4-2-3-7-19-13)23-16(20-9)21-15(22)11-8-10(17)5-6-12(11)18/h2-8H,1H3,(H,20,21,22). The third-order valence-corrected chi connectivity index (χ3v) is 4.75. The second kappa shape index (κ2) is 6.66. The Labute approximate surface area is 147 Å². The molecule has 1 aromatic carbocycles. The third-order valence-electron chi connectivity index (χ3n) is 3.09. The summed E-state index contributed by atoms with van der Waals surface area (Å²) in [5.41, 5.74) is 1.94. The Kier molecular flexibility index (Phi) is 4.61. The topological polar surface area (TPSA) is 54.9 Å². The smallest absolute Gasteiger partial charge is 0.259 e. The zero-order chi connectivity index (χ0) is 16.4. The molecule has 0 radical (unpaired) electrons. The first kappa shape index (κ1) is 15.9. The zero-order valence-electron chi connectivity index (χ0n) is 12.0. The quantitative estimate of drug-likeness (QED) is 0.706. The highest BCUT2D eigenvalue weighted by molar-refractivity contribution is 7.19. The van der Waals surface area contributed by atoms with Gasteiger partial charge in [0.15, 0.2) is 5.13 Å². The molecular weight excluding hydrogens is 353 g/mol. The molecule has 116 valence electrons. The van der Waals surface area contributed by atoms with Gasteiger partial charge in [0.2, 0.25) is 0 Å². The number of hydrogen-bond acceptors (Lipinski definition) is 4. The number of carbonyl (C=O) groups excluding carboxylic acids is 1. The molecule has 0 bridgehead atoms. The molecule has 7 heteroatoms. The van der Waals surface area contributed by atoms with Crippen LogP contribution >= 0.6 is 34.5 Å². The average Bonchev–Trinajstić information content (AvgIpc) is 2.91. The van der Waals surface area contributed by atoms with Crippen LogP contribution in [0.1, 0.15) is 16.1 Å². The van der Waals surface area contributed by atoms with E-state index in [9.17, 15) is 4.79 Å². The van der Waals surface area contributed by atoms with Crippen molar-refractivity contribution in [3.63, 3.8) is 0 Å². The highest BCUT2D eigenvalue weighted by Gasteiger charge is 2.16. The van der Waals surface area contributed by atoms with Gasteiger partial charge in [-0.3, -0.25) is 15.1 Å². The van der Waals surface area contributed by atoms with Crippen molar-refractivity contribution in [2.75, 3.05) is 5.32 Å². The Bertz CT molecular complexity index is 865. The van der Waals surface area contributed by atoms with Crippen molar-refractivity contribution in [1.82, 2.24) is 9.97 Å². The fraction of sp³-hybridized carbons (Fsp3) is 0.0625. The number of nitrogens with zero attached hydrogens (tertiary/aromatic N) is 2. The van der Waals surface area contributed by atoms with Crippen LogP contribution in [-0.4, -0.2) is 15.9 Å². The van der Waals surface area contributed by atoms with Gasteiger partial charge in [0.25, 0.3) is 5.91 Å². The van der Waals surface area contributed by atoms with Gasteiger partial charge < -0.3 is 0 Å². The van der Waals surface area contributed by atoms with E-state index in [0.717, 1.165) is 16.3 Å². The van der Waals surface area contributed by atoms with Gasteiger partial charge in [-0.15, -0.1) is 0 Å². The predicted octanol–water partition coefficient (Wildman–Crippen LogP) is 5.07. The summed E-state index contributed by atoms with van der Waals surface area (Å²) in [6, 6.07) is 10.4. The molecule has 2 heterocycles. The molecule has 0 atom stereocenters. The summed E-state index contributed by atoms with van der Waals surface area (Å²) in [5, 5.41) is 4.03. The maximum atomic E-state index is 12.3. The van der Waals surface area contributed by atoms with Crippen molar-refractivity contribution in [3.05, 3.63) is 63.9 Å². The van der Waals surface area contributed by atoms with Crippen LogP contribution < -0.4 is 5.32 Å². The number of nitrogens with one attached hydrogen (secondary N) is 1. The summed E-state index contributed by atoms with van der Waals surface area (Å²) in [4.78, 5) is 21.9. The van der Waals surface area contributed by atoms with Gasteiger partial charge >= 0.3 is 0 Å². The summed E-state index contributed by atoms with van der Waals surface area (Å²) in [7, 11) is 0. The molecule has 0 aliphatic rings. The predicted molar refractivity (Wildman–Crippen MR) is 94.5 cm³/mol. The number of aromatic nitrogens is 2. The number of benzene rings is 1. The van der Waals surface area contributed by atoms with Crippen LogP contribution in [0.4, 0.5) is 5.13 Å². The Balaban J connectivity index is 1.87. The van der Waals surface area contributed by atoms with Gasteiger partial charge in [-0.05, 0) is 37.3 Å². The largest absolute Gasteiger partial charge is 0.298 e. The number of carbonyl (C=O) groups is 1. The van der Waals surface area contributed by atoms with Gasteiger partial charge in [-0.1, -0.05) is 40.6 Å².